The fourth-order valence-electron chi connectivity index (χ4n) is 2.32. The molecule has 0 saturated carbocycles. The van der Waals surface area contributed by atoms with Crippen molar-refractivity contribution in [3.05, 3.63) is 33.8 Å². The van der Waals surface area contributed by atoms with Crippen LogP contribution >= 0.6 is 23.2 Å². The highest BCUT2D eigenvalue weighted by atomic mass is 35.5. The zero-order chi connectivity index (χ0) is 16.2. The molecular formula is C14H18Cl2N2O3S. The average Bonchev–Trinajstić information content (AvgIpc) is 2.78. The smallest absolute Gasteiger partial charge is 0.233 e. The van der Waals surface area contributed by atoms with Crippen LogP contribution in [-0.4, -0.2) is 45.0 Å². The summed E-state index contributed by atoms with van der Waals surface area (Å²) < 4.78 is 22.6. The molecule has 0 bridgehead atoms. The predicted molar refractivity (Wildman–Crippen MR) is 88.2 cm³/mol. The highest BCUT2D eigenvalue weighted by Gasteiger charge is 2.27. The van der Waals surface area contributed by atoms with E-state index in [1.54, 1.807) is 12.1 Å². The quantitative estimate of drug-likeness (QED) is 0.800. The molecule has 1 aliphatic rings. The van der Waals surface area contributed by atoms with Crippen LogP contribution in [0, 0.1) is 0 Å². The summed E-state index contributed by atoms with van der Waals surface area (Å²) in [6, 6.07) is 5.13. The minimum absolute atomic E-state index is 0.112. The highest BCUT2D eigenvalue weighted by molar-refractivity contribution is 7.91. The van der Waals surface area contributed by atoms with Gasteiger partial charge < -0.3 is 10.6 Å². The lowest BCUT2D eigenvalue weighted by Gasteiger charge is -2.11. The van der Waals surface area contributed by atoms with Crippen molar-refractivity contribution in [2.75, 3.05) is 24.6 Å². The van der Waals surface area contributed by atoms with Gasteiger partial charge in [-0.2, -0.15) is 0 Å². The summed E-state index contributed by atoms with van der Waals surface area (Å²) >= 11 is 11.9. The van der Waals surface area contributed by atoms with Crippen molar-refractivity contribution in [1.29, 1.82) is 0 Å². The molecule has 0 spiro atoms. The first-order valence-corrected chi connectivity index (χ1v) is 9.58. The van der Waals surface area contributed by atoms with E-state index in [9.17, 15) is 13.2 Å². The van der Waals surface area contributed by atoms with Gasteiger partial charge >= 0.3 is 0 Å². The molecule has 122 valence electrons. The van der Waals surface area contributed by atoms with Crippen LogP contribution in [0.4, 0.5) is 0 Å². The molecule has 0 aromatic heterocycles. The van der Waals surface area contributed by atoms with Gasteiger partial charge in [0.05, 0.1) is 18.1 Å². The van der Waals surface area contributed by atoms with Crippen molar-refractivity contribution in [1.82, 2.24) is 10.6 Å². The topological polar surface area (TPSA) is 75.3 Å². The minimum atomic E-state index is -2.92. The Balaban J connectivity index is 1.68. The summed E-state index contributed by atoms with van der Waals surface area (Å²) in [4.78, 5) is 11.7. The lowest BCUT2D eigenvalue weighted by atomic mass is 10.1. The molecule has 1 saturated heterocycles. The summed E-state index contributed by atoms with van der Waals surface area (Å²) in [6.07, 6.45) is 1.18. The SMILES string of the molecule is O=C(CNC1CCS(=O)(=O)C1)NCCc1ccc(Cl)cc1Cl. The van der Waals surface area contributed by atoms with E-state index in [2.05, 4.69) is 10.6 Å². The Hall–Kier alpha value is -0.820. The van der Waals surface area contributed by atoms with Gasteiger partial charge in [0, 0.05) is 22.6 Å². The van der Waals surface area contributed by atoms with Crippen LogP contribution in [0.3, 0.4) is 0 Å². The first-order valence-electron chi connectivity index (χ1n) is 7.00. The van der Waals surface area contributed by atoms with Crippen molar-refractivity contribution >= 4 is 38.9 Å². The number of halogens is 2. The number of hydrogen-bond acceptors (Lipinski definition) is 4. The molecule has 1 unspecified atom stereocenters. The van der Waals surface area contributed by atoms with E-state index in [0.29, 0.717) is 29.4 Å². The molecule has 1 atom stereocenters. The number of hydrogen-bond donors (Lipinski definition) is 2. The second kappa shape index (κ2) is 7.64. The van der Waals surface area contributed by atoms with E-state index in [1.165, 1.54) is 0 Å². The number of carbonyl (C=O) groups excluding carboxylic acids is 1. The van der Waals surface area contributed by atoms with Crippen LogP contribution in [0.1, 0.15) is 12.0 Å². The molecule has 1 aliphatic heterocycles. The molecule has 1 fully saturated rings. The first kappa shape index (κ1) is 17.5. The molecule has 0 aliphatic carbocycles. The van der Waals surface area contributed by atoms with Crippen molar-refractivity contribution < 1.29 is 13.2 Å². The normalized spacial score (nSPS) is 20.0. The summed E-state index contributed by atoms with van der Waals surface area (Å²) in [7, 11) is -2.92. The van der Waals surface area contributed by atoms with Gasteiger partial charge in [0.2, 0.25) is 5.91 Å². The summed E-state index contributed by atoms with van der Waals surface area (Å²) in [6.45, 7) is 0.583. The number of carbonyl (C=O) groups is 1. The standard InChI is InChI=1S/C14H18Cl2N2O3S/c15-11-2-1-10(13(16)7-11)3-5-17-14(19)8-18-12-4-6-22(20,21)9-12/h1-2,7,12,18H,3-6,8-9H2,(H,17,19). The Morgan fingerprint density at radius 3 is 2.73 bits per heavy atom. The van der Waals surface area contributed by atoms with Crippen LogP contribution in [0.2, 0.25) is 10.0 Å². The maximum absolute atomic E-state index is 11.7. The van der Waals surface area contributed by atoms with Gasteiger partial charge in [-0.05, 0) is 30.5 Å². The fourth-order valence-corrected chi connectivity index (χ4v) is 4.53. The van der Waals surface area contributed by atoms with E-state index in [0.717, 1.165) is 5.56 Å². The van der Waals surface area contributed by atoms with E-state index in [4.69, 9.17) is 23.2 Å². The predicted octanol–water partition coefficient (Wildman–Crippen LogP) is 1.43. The van der Waals surface area contributed by atoms with Gasteiger partial charge in [-0.25, -0.2) is 8.42 Å². The zero-order valence-corrected chi connectivity index (χ0v) is 14.3. The molecule has 22 heavy (non-hydrogen) atoms. The second-order valence-corrected chi connectivity index (χ2v) is 8.39. The molecule has 1 heterocycles. The van der Waals surface area contributed by atoms with Gasteiger partial charge in [0.25, 0.3) is 0 Å². The number of benzene rings is 1. The summed E-state index contributed by atoms with van der Waals surface area (Å²) in [5.74, 6) is 0.150. The Labute approximate surface area is 140 Å². The second-order valence-electron chi connectivity index (χ2n) is 5.32. The molecule has 1 aromatic carbocycles. The van der Waals surface area contributed by atoms with Crippen molar-refractivity contribution in [2.24, 2.45) is 0 Å². The number of nitrogens with one attached hydrogen (secondary N) is 2. The van der Waals surface area contributed by atoms with Gasteiger partial charge in [-0.1, -0.05) is 29.3 Å². The maximum Gasteiger partial charge on any atom is 0.233 e. The lowest BCUT2D eigenvalue weighted by Crippen LogP contribution is -2.40. The molecule has 8 heteroatoms. The maximum atomic E-state index is 11.7. The molecule has 1 aromatic rings. The minimum Gasteiger partial charge on any atom is -0.355 e. The van der Waals surface area contributed by atoms with E-state index in [-0.39, 0.29) is 30.0 Å². The Morgan fingerprint density at radius 2 is 2.09 bits per heavy atom. The summed E-state index contributed by atoms with van der Waals surface area (Å²) in [5, 5.41) is 6.90. The first-order chi connectivity index (χ1) is 10.4. The third-order valence-electron chi connectivity index (χ3n) is 3.52. The van der Waals surface area contributed by atoms with Crippen LogP contribution in [0.25, 0.3) is 0 Å². The number of sulfone groups is 1. The lowest BCUT2D eigenvalue weighted by molar-refractivity contribution is -0.120. The van der Waals surface area contributed by atoms with Crippen molar-refractivity contribution in [3.8, 4) is 0 Å². The number of amides is 1. The Kier molecular flexibility index (Phi) is 6.09. The molecular weight excluding hydrogens is 347 g/mol. The largest absolute Gasteiger partial charge is 0.355 e. The van der Waals surface area contributed by atoms with Gasteiger partial charge in [0.15, 0.2) is 9.84 Å². The third-order valence-corrected chi connectivity index (χ3v) is 5.87. The third kappa shape index (κ3) is 5.43. The molecule has 2 N–H and O–H groups in total. The monoisotopic (exact) mass is 364 g/mol. The van der Waals surface area contributed by atoms with Gasteiger partial charge in [-0.15, -0.1) is 0 Å². The summed E-state index contributed by atoms with van der Waals surface area (Å²) in [5.41, 5.74) is 0.918. The van der Waals surface area contributed by atoms with Crippen LogP contribution in [0.15, 0.2) is 18.2 Å². The van der Waals surface area contributed by atoms with Crippen molar-refractivity contribution in [2.45, 2.75) is 18.9 Å². The molecule has 5 nitrogen and oxygen atoms in total. The molecule has 1 amide bonds. The number of rotatable bonds is 6. The van der Waals surface area contributed by atoms with E-state index < -0.39 is 9.84 Å². The molecule has 2 rings (SSSR count). The van der Waals surface area contributed by atoms with Crippen LogP contribution in [0.5, 0.6) is 0 Å². The Bertz CT molecular complexity index is 649. The van der Waals surface area contributed by atoms with Crippen molar-refractivity contribution in [3.63, 3.8) is 0 Å². The Morgan fingerprint density at radius 1 is 1.32 bits per heavy atom. The molecule has 0 radical (unpaired) electrons. The van der Waals surface area contributed by atoms with Crippen LogP contribution < -0.4 is 10.6 Å². The van der Waals surface area contributed by atoms with Gasteiger partial charge in [0.1, 0.15) is 0 Å². The fraction of sp³-hybridized carbons (Fsp3) is 0.500. The van der Waals surface area contributed by atoms with E-state index >= 15 is 0 Å². The zero-order valence-electron chi connectivity index (χ0n) is 11.9. The van der Waals surface area contributed by atoms with Crippen LogP contribution in [-0.2, 0) is 21.1 Å². The van der Waals surface area contributed by atoms with E-state index in [1.807, 2.05) is 6.07 Å². The highest BCUT2D eigenvalue weighted by Crippen LogP contribution is 2.21. The van der Waals surface area contributed by atoms with Gasteiger partial charge in [-0.3, -0.25) is 4.79 Å². The average molecular weight is 365 g/mol.